The molecule has 0 saturated carbocycles. The Balaban J connectivity index is 1.83. The van der Waals surface area contributed by atoms with E-state index in [0.717, 1.165) is 16.8 Å². The van der Waals surface area contributed by atoms with Crippen molar-refractivity contribution >= 4 is 17.6 Å². The molecule has 0 aliphatic carbocycles. The zero-order valence-corrected chi connectivity index (χ0v) is 14.5. The van der Waals surface area contributed by atoms with Crippen molar-refractivity contribution in [3.05, 3.63) is 83.2 Å². The zero-order valence-electron chi connectivity index (χ0n) is 14.5. The standard InChI is InChI=1S/C20H18N4O2/c1-13-8-10-15(11-9-13)17-12-16(14-6-4-3-5-7-14)21-20-22-18(19(25)26-2)23-24(17)20/h3-12,17H,1-2H3,(H,21,22,23)/t17-/m0/s1. The zero-order chi connectivity index (χ0) is 18.1. The SMILES string of the molecule is COC(=O)c1nc2n(n1)[C@H](c1ccc(C)cc1)C=C(c1ccccc1)N2. The third-order valence-electron chi connectivity index (χ3n) is 4.34. The summed E-state index contributed by atoms with van der Waals surface area (Å²) in [6, 6.07) is 18.1. The minimum absolute atomic E-state index is 0.0369. The highest BCUT2D eigenvalue weighted by Crippen LogP contribution is 2.32. The maximum Gasteiger partial charge on any atom is 0.378 e. The lowest BCUT2D eigenvalue weighted by Crippen LogP contribution is -2.20. The van der Waals surface area contributed by atoms with Crippen molar-refractivity contribution in [2.24, 2.45) is 0 Å². The number of anilines is 1. The van der Waals surface area contributed by atoms with E-state index < -0.39 is 5.97 Å². The summed E-state index contributed by atoms with van der Waals surface area (Å²) >= 11 is 0. The molecule has 0 radical (unpaired) electrons. The monoisotopic (exact) mass is 346 g/mol. The van der Waals surface area contributed by atoms with Crippen molar-refractivity contribution in [1.29, 1.82) is 0 Å². The molecule has 0 amide bonds. The lowest BCUT2D eigenvalue weighted by molar-refractivity contribution is 0.0586. The molecule has 6 heteroatoms. The maximum absolute atomic E-state index is 11.9. The highest BCUT2D eigenvalue weighted by molar-refractivity contribution is 5.86. The Morgan fingerprint density at radius 3 is 2.54 bits per heavy atom. The number of ether oxygens (including phenoxy) is 1. The highest BCUT2D eigenvalue weighted by Gasteiger charge is 2.27. The number of benzene rings is 2. The molecule has 0 fully saturated rings. The quantitative estimate of drug-likeness (QED) is 0.736. The van der Waals surface area contributed by atoms with Crippen LogP contribution in [0, 0.1) is 6.92 Å². The fourth-order valence-electron chi connectivity index (χ4n) is 2.96. The van der Waals surface area contributed by atoms with Gasteiger partial charge in [-0.15, -0.1) is 5.10 Å². The lowest BCUT2D eigenvalue weighted by atomic mass is 10.0. The molecule has 6 nitrogen and oxygen atoms in total. The number of allylic oxidation sites excluding steroid dienone is 1. The second-order valence-corrected chi connectivity index (χ2v) is 6.12. The molecule has 2 heterocycles. The van der Waals surface area contributed by atoms with Crippen LogP contribution in [0.15, 0.2) is 60.7 Å². The molecule has 1 N–H and O–H groups in total. The summed E-state index contributed by atoms with van der Waals surface area (Å²) in [7, 11) is 1.32. The largest absolute Gasteiger partial charge is 0.463 e. The van der Waals surface area contributed by atoms with E-state index in [0.29, 0.717) is 5.95 Å². The summed E-state index contributed by atoms with van der Waals surface area (Å²) < 4.78 is 6.47. The van der Waals surface area contributed by atoms with Crippen molar-refractivity contribution in [3.8, 4) is 0 Å². The highest BCUT2D eigenvalue weighted by atomic mass is 16.5. The molecule has 1 aromatic heterocycles. The number of carbonyl (C=O) groups excluding carboxylic acids is 1. The predicted molar refractivity (Wildman–Crippen MR) is 98.7 cm³/mol. The van der Waals surface area contributed by atoms with Gasteiger partial charge in [-0.25, -0.2) is 9.48 Å². The molecule has 130 valence electrons. The van der Waals surface area contributed by atoms with Gasteiger partial charge in [0.1, 0.15) is 6.04 Å². The van der Waals surface area contributed by atoms with Gasteiger partial charge < -0.3 is 10.1 Å². The van der Waals surface area contributed by atoms with Crippen molar-refractivity contribution < 1.29 is 9.53 Å². The second kappa shape index (κ2) is 6.48. The molecule has 4 rings (SSSR count). The van der Waals surface area contributed by atoms with E-state index in [9.17, 15) is 4.79 Å². The second-order valence-electron chi connectivity index (χ2n) is 6.12. The van der Waals surface area contributed by atoms with Crippen molar-refractivity contribution in [3.63, 3.8) is 0 Å². The number of nitrogens with zero attached hydrogens (tertiary/aromatic N) is 3. The molecule has 0 saturated heterocycles. The number of nitrogens with one attached hydrogen (secondary N) is 1. The number of fused-ring (bicyclic) bond motifs is 1. The molecular weight excluding hydrogens is 328 g/mol. The van der Waals surface area contributed by atoms with Gasteiger partial charge in [-0.1, -0.05) is 60.2 Å². The van der Waals surface area contributed by atoms with E-state index in [-0.39, 0.29) is 11.9 Å². The van der Waals surface area contributed by atoms with Gasteiger partial charge in [-0.2, -0.15) is 4.98 Å². The molecular formula is C20H18N4O2. The van der Waals surface area contributed by atoms with Crippen molar-refractivity contribution in [1.82, 2.24) is 14.8 Å². The number of hydrogen-bond donors (Lipinski definition) is 1. The van der Waals surface area contributed by atoms with Crippen LogP contribution in [-0.4, -0.2) is 27.8 Å². The van der Waals surface area contributed by atoms with Gasteiger partial charge >= 0.3 is 5.97 Å². The van der Waals surface area contributed by atoms with Gasteiger partial charge in [0.2, 0.25) is 5.95 Å². The molecule has 1 aliphatic rings. The van der Waals surface area contributed by atoms with Crippen LogP contribution in [0.3, 0.4) is 0 Å². The molecule has 26 heavy (non-hydrogen) atoms. The van der Waals surface area contributed by atoms with Gasteiger partial charge in [0.15, 0.2) is 0 Å². The van der Waals surface area contributed by atoms with Gasteiger partial charge in [0, 0.05) is 5.70 Å². The van der Waals surface area contributed by atoms with Crippen LogP contribution in [0.4, 0.5) is 5.95 Å². The van der Waals surface area contributed by atoms with Gasteiger partial charge in [-0.3, -0.25) is 0 Å². The average Bonchev–Trinajstić information content (AvgIpc) is 3.12. The van der Waals surface area contributed by atoms with Crippen LogP contribution in [0.5, 0.6) is 0 Å². The molecule has 1 aliphatic heterocycles. The summed E-state index contributed by atoms with van der Waals surface area (Å²) in [5, 5.41) is 7.62. The number of carbonyl (C=O) groups is 1. The van der Waals surface area contributed by atoms with Gasteiger partial charge in [0.25, 0.3) is 5.82 Å². The minimum atomic E-state index is -0.558. The van der Waals surface area contributed by atoms with Crippen molar-refractivity contribution in [2.45, 2.75) is 13.0 Å². The number of rotatable bonds is 3. The van der Waals surface area contributed by atoms with Crippen LogP contribution in [0.1, 0.15) is 33.4 Å². The van der Waals surface area contributed by atoms with Crippen LogP contribution >= 0.6 is 0 Å². The predicted octanol–water partition coefficient (Wildman–Crippen LogP) is 3.43. The van der Waals surface area contributed by atoms with Crippen LogP contribution in [-0.2, 0) is 4.74 Å². The Labute approximate surface area is 151 Å². The normalized spacial score (nSPS) is 15.6. The van der Waals surface area contributed by atoms with E-state index in [4.69, 9.17) is 4.74 Å². The van der Waals surface area contributed by atoms with E-state index in [2.05, 4.69) is 45.7 Å². The number of methoxy groups -OCH3 is 1. The summed E-state index contributed by atoms with van der Waals surface area (Å²) in [6.07, 6.45) is 2.09. The number of aryl methyl sites for hydroxylation is 1. The summed E-state index contributed by atoms with van der Waals surface area (Å²) in [6.45, 7) is 2.05. The minimum Gasteiger partial charge on any atom is -0.463 e. The lowest BCUT2D eigenvalue weighted by Gasteiger charge is -2.24. The van der Waals surface area contributed by atoms with E-state index in [1.165, 1.54) is 12.7 Å². The first kappa shape index (κ1) is 16.1. The number of aromatic nitrogens is 3. The Morgan fingerprint density at radius 2 is 1.85 bits per heavy atom. The number of hydrogen-bond acceptors (Lipinski definition) is 5. The third kappa shape index (κ3) is 2.86. The summed E-state index contributed by atoms with van der Waals surface area (Å²) in [5.74, 6) is -0.00947. The first-order chi connectivity index (χ1) is 12.7. The summed E-state index contributed by atoms with van der Waals surface area (Å²) in [4.78, 5) is 16.2. The third-order valence-corrected chi connectivity index (χ3v) is 4.34. The molecule has 0 unspecified atom stereocenters. The van der Waals surface area contributed by atoms with E-state index in [1.54, 1.807) is 4.68 Å². The number of esters is 1. The molecule has 3 aromatic rings. The van der Waals surface area contributed by atoms with Crippen LogP contribution < -0.4 is 5.32 Å². The van der Waals surface area contributed by atoms with Gasteiger partial charge in [-0.05, 0) is 24.1 Å². The molecule has 0 spiro atoms. The molecule has 0 bridgehead atoms. The fourth-order valence-corrected chi connectivity index (χ4v) is 2.96. The van der Waals surface area contributed by atoms with E-state index in [1.807, 2.05) is 37.3 Å². The Hall–Kier alpha value is -3.41. The Morgan fingerprint density at radius 1 is 1.12 bits per heavy atom. The Bertz CT molecular complexity index is 975. The van der Waals surface area contributed by atoms with Crippen molar-refractivity contribution in [2.75, 3.05) is 12.4 Å². The molecule has 2 aromatic carbocycles. The Kier molecular flexibility index (Phi) is 4.01. The molecule has 1 atom stereocenters. The smallest absolute Gasteiger partial charge is 0.378 e. The first-order valence-electron chi connectivity index (χ1n) is 8.31. The summed E-state index contributed by atoms with van der Waals surface area (Å²) in [5.41, 5.74) is 4.21. The van der Waals surface area contributed by atoms with Crippen LogP contribution in [0.2, 0.25) is 0 Å². The average molecular weight is 346 g/mol. The first-order valence-corrected chi connectivity index (χ1v) is 8.31. The van der Waals surface area contributed by atoms with Crippen LogP contribution in [0.25, 0.3) is 5.70 Å². The van der Waals surface area contributed by atoms with E-state index >= 15 is 0 Å². The van der Waals surface area contributed by atoms with Gasteiger partial charge in [0.05, 0.1) is 7.11 Å². The maximum atomic E-state index is 11.9. The topological polar surface area (TPSA) is 69.0 Å². The fraction of sp³-hybridized carbons (Fsp3) is 0.150.